The van der Waals surface area contributed by atoms with Crippen LogP contribution in [0.4, 0.5) is 0 Å². The van der Waals surface area contributed by atoms with Crippen molar-refractivity contribution in [2.45, 2.75) is 18.9 Å². The largest absolute Gasteiger partial charge is 0.388 e. The van der Waals surface area contributed by atoms with Crippen LogP contribution in [-0.2, 0) is 0 Å². The molecule has 0 aromatic heterocycles. The van der Waals surface area contributed by atoms with Crippen LogP contribution in [0.3, 0.4) is 0 Å². The molecule has 0 amide bonds. The lowest BCUT2D eigenvalue weighted by atomic mass is 9.91. The monoisotopic (exact) mass is 212 g/mol. The summed E-state index contributed by atoms with van der Waals surface area (Å²) in [5, 5.41) is 10.2. The topological polar surface area (TPSA) is 20.2 Å². The maximum absolute atomic E-state index is 10.2. The van der Waals surface area contributed by atoms with Crippen LogP contribution >= 0.6 is 0 Å². The van der Waals surface area contributed by atoms with Crippen molar-refractivity contribution < 1.29 is 5.11 Å². The molecule has 1 N–H and O–H groups in total. The summed E-state index contributed by atoms with van der Waals surface area (Å²) < 4.78 is 0. The Morgan fingerprint density at radius 2 is 1.19 bits per heavy atom. The molecule has 0 aliphatic carbocycles. The summed E-state index contributed by atoms with van der Waals surface area (Å²) in [7, 11) is 0. The van der Waals surface area contributed by atoms with Gasteiger partial charge in [-0.1, -0.05) is 67.6 Å². The fourth-order valence-corrected chi connectivity index (χ4v) is 1.88. The Morgan fingerprint density at radius 3 is 1.69 bits per heavy atom. The average molecular weight is 212 g/mol. The standard InChI is InChI=1S/C15H16O/c1-12(13-8-4-2-5-9-13)15(16)14-10-6-3-7-11-14/h2-12,15-16H,1H3/t12-,15-/m1/s1. The van der Waals surface area contributed by atoms with E-state index in [0.717, 1.165) is 5.56 Å². The summed E-state index contributed by atoms with van der Waals surface area (Å²) >= 11 is 0. The van der Waals surface area contributed by atoms with Crippen LogP contribution in [-0.4, -0.2) is 5.11 Å². The highest BCUT2D eigenvalue weighted by molar-refractivity contribution is 5.25. The zero-order valence-electron chi connectivity index (χ0n) is 9.38. The number of hydrogen-bond acceptors (Lipinski definition) is 1. The molecule has 0 spiro atoms. The Balaban J connectivity index is 2.20. The highest BCUT2D eigenvalue weighted by Crippen LogP contribution is 2.29. The molecule has 1 heteroatoms. The molecule has 0 fully saturated rings. The minimum absolute atomic E-state index is 0.114. The molecule has 2 aromatic carbocycles. The van der Waals surface area contributed by atoms with Crippen LogP contribution in [0.25, 0.3) is 0 Å². The van der Waals surface area contributed by atoms with Gasteiger partial charge in [0, 0.05) is 5.92 Å². The van der Waals surface area contributed by atoms with Gasteiger partial charge in [-0.3, -0.25) is 0 Å². The zero-order chi connectivity index (χ0) is 11.4. The van der Waals surface area contributed by atoms with Crippen molar-refractivity contribution in [3.05, 3.63) is 71.8 Å². The highest BCUT2D eigenvalue weighted by Gasteiger charge is 2.17. The van der Waals surface area contributed by atoms with Crippen molar-refractivity contribution in [2.75, 3.05) is 0 Å². The van der Waals surface area contributed by atoms with Gasteiger partial charge in [0.15, 0.2) is 0 Å². The molecule has 0 unspecified atom stereocenters. The minimum Gasteiger partial charge on any atom is -0.388 e. The van der Waals surface area contributed by atoms with Crippen LogP contribution in [0.1, 0.15) is 30.1 Å². The first-order valence-corrected chi connectivity index (χ1v) is 5.57. The van der Waals surface area contributed by atoms with Crippen molar-refractivity contribution >= 4 is 0 Å². The predicted molar refractivity (Wildman–Crippen MR) is 66.3 cm³/mol. The van der Waals surface area contributed by atoms with Gasteiger partial charge >= 0.3 is 0 Å². The minimum atomic E-state index is -0.441. The molecule has 0 aliphatic heterocycles. The van der Waals surface area contributed by atoms with Gasteiger partial charge in [0.2, 0.25) is 0 Å². The summed E-state index contributed by atoms with van der Waals surface area (Å²) in [5.41, 5.74) is 2.14. The molecular weight excluding hydrogens is 196 g/mol. The zero-order valence-corrected chi connectivity index (χ0v) is 9.38. The van der Waals surface area contributed by atoms with E-state index >= 15 is 0 Å². The lowest BCUT2D eigenvalue weighted by molar-refractivity contribution is 0.151. The molecule has 0 radical (unpaired) electrons. The molecule has 2 atom stereocenters. The first-order chi connectivity index (χ1) is 7.79. The van der Waals surface area contributed by atoms with E-state index in [9.17, 15) is 5.11 Å². The van der Waals surface area contributed by atoms with Crippen molar-refractivity contribution in [2.24, 2.45) is 0 Å². The van der Waals surface area contributed by atoms with Gasteiger partial charge in [-0.2, -0.15) is 0 Å². The Hall–Kier alpha value is -1.60. The molecule has 82 valence electrons. The number of aliphatic hydroxyl groups excluding tert-OH is 1. The predicted octanol–water partition coefficient (Wildman–Crippen LogP) is 3.52. The van der Waals surface area contributed by atoms with Crippen LogP contribution < -0.4 is 0 Å². The number of rotatable bonds is 3. The van der Waals surface area contributed by atoms with Crippen molar-refractivity contribution in [3.63, 3.8) is 0 Å². The molecule has 0 saturated carbocycles. The third-order valence-corrected chi connectivity index (χ3v) is 2.94. The van der Waals surface area contributed by atoms with Crippen molar-refractivity contribution in [1.29, 1.82) is 0 Å². The third-order valence-electron chi connectivity index (χ3n) is 2.94. The van der Waals surface area contributed by atoms with Gasteiger partial charge < -0.3 is 5.11 Å². The molecule has 2 rings (SSSR count). The lowest BCUT2D eigenvalue weighted by Gasteiger charge is -2.19. The van der Waals surface area contributed by atoms with Crippen LogP contribution in [0.5, 0.6) is 0 Å². The molecule has 0 aliphatic rings. The molecule has 16 heavy (non-hydrogen) atoms. The van der Waals surface area contributed by atoms with E-state index in [-0.39, 0.29) is 5.92 Å². The third kappa shape index (κ3) is 2.31. The van der Waals surface area contributed by atoms with Gasteiger partial charge in [-0.05, 0) is 11.1 Å². The summed E-state index contributed by atoms with van der Waals surface area (Å²) in [6, 6.07) is 19.9. The van der Waals surface area contributed by atoms with E-state index < -0.39 is 6.10 Å². The normalized spacial score (nSPS) is 14.4. The molecule has 0 bridgehead atoms. The van der Waals surface area contributed by atoms with Gasteiger partial charge in [0.1, 0.15) is 0 Å². The molecule has 0 saturated heterocycles. The summed E-state index contributed by atoms with van der Waals surface area (Å²) in [4.78, 5) is 0. The number of benzene rings is 2. The second kappa shape index (κ2) is 4.95. The summed E-state index contributed by atoms with van der Waals surface area (Å²) in [6.45, 7) is 2.05. The fourth-order valence-electron chi connectivity index (χ4n) is 1.88. The lowest BCUT2D eigenvalue weighted by Crippen LogP contribution is -2.07. The second-order valence-electron chi connectivity index (χ2n) is 4.05. The highest BCUT2D eigenvalue weighted by atomic mass is 16.3. The average Bonchev–Trinajstić information content (AvgIpc) is 2.39. The van der Waals surface area contributed by atoms with Gasteiger partial charge in [0.25, 0.3) is 0 Å². The Morgan fingerprint density at radius 1 is 0.750 bits per heavy atom. The smallest absolute Gasteiger partial charge is 0.0855 e. The van der Waals surface area contributed by atoms with Gasteiger partial charge in [-0.25, -0.2) is 0 Å². The first-order valence-electron chi connectivity index (χ1n) is 5.57. The van der Waals surface area contributed by atoms with Gasteiger partial charge in [-0.15, -0.1) is 0 Å². The summed E-state index contributed by atoms with van der Waals surface area (Å²) in [6.07, 6.45) is -0.441. The summed E-state index contributed by atoms with van der Waals surface area (Å²) in [5.74, 6) is 0.114. The maximum atomic E-state index is 10.2. The number of hydrogen-bond donors (Lipinski definition) is 1. The van der Waals surface area contributed by atoms with E-state index in [1.165, 1.54) is 5.56 Å². The van der Waals surface area contributed by atoms with E-state index in [1.807, 2.05) is 55.5 Å². The molecular formula is C15H16O. The number of aliphatic hydroxyl groups is 1. The molecule has 2 aromatic rings. The fraction of sp³-hybridized carbons (Fsp3) is 0.200. The molecule has 0 heterocycles. The SMILES string of the molecule is C[C@H](c1ccccc1)[C@@H](O)c1ccccc1. The van der Waals surface area contributed by atoms with E-state index in [1.54, 1.807) is 0 Å². The Kier molecular flexibility index (Phi) is 3.37. The van der Waals surface area contributed by atoms with E-state index in [4.69, 9.17) is 0 Å². The van der Waals surface area contributed by atoms with Crippen LogP contribution in [0.15, 0.2) is 60.7 Å². The van der Waals surface area contributed by atoms with E-state index in [2.05, 4.69) is 12.1 Å². The Labute approximate surface area is 96.4 Å². The van der Waals surface area contributed by atoms with Crippen molar-refractivity contribution in [3.8, 4) is 0 Å². The molecule has 1 nitrogen and oxygen atoms in total. The van der Waals surface area contributed by atoms with Gasteiger partial charge in [0.05, 0.1) is 6.10 Å². The van der Waals surface area contributed by atoms with Crippen molar-refractivity contribution in [1.82, 2.24) is 0 Å². The quantitative estimate of drug-likeness (QED) is 0.825. The van der Waals surface area contributed by atoms with Crippen LogP contribution in [0.2, 0.25) is 0 Å². The second-order valence-corrected chi connectivity index (χ2v) is 4.05. The first kappa shape index (κ1) is 10.9. The van der Waals surface area contributed by atoms with E-state index in [0.29, 0.717) is 0 Å². The maximum Gasteiger partial charge on any atom is 0.0855 e. The van der Waals surface area contributed by atoms with Crippen LogP contribution in [0, 0.1) is 0 Å². The Bertz CT molecular complexity index is 378.